The molecular weight excluding hydrogens is 990 g/mol. The minimum absolute atomic E-state index is 0.0143. The minimum atomic E-state index is -4.69. The molecule has 0 radical (unpaired) electrons. The van der Waals surface area contributed by atoms with Gasteiger partial charge in [0.15, 0.2) is 0 Å². The number of rotatable bonds is 15. The third kappa shape index (κ3) is 14.0. The summed E-state index contributed by atoms with van der Waals surface area (Å²) in [5, 5.41) is 4.61. The average Bonchev–Trinajstić information content (AvgIpc) is 3.62. The number of hydrogen-bond acceptors (Lipinski definition) is 10. The van der Waals surface area contributed by atoms with E-state index in [9.17, 15) is 32.3 Å². The van der Waals surface area contributed by atoms with Crippen molar-refractivity contribution in [2.24, 2.45) is 22.2 Å². The second kappa shape index (κ2) is 24.3. The van der Waals surface area contributed by atoms with E-state index in [1.165, 1.54) is 47.2 Å². The maximum Gasteiger partial charge on any atom is 0.406 e. The molecule has 4 heterocycles. The summed E-state index contributed by atoms with van der Waals surface area (Å²) in [5.41, 5.74) is 2.46. The van der Waals surface area contributed by atoms with Gasteiger partial charge in [0.1, 0.15) is 24.4 Å². The quantitative estimate of drug-likeness (QED) is 0.0504. The molecule has 0 spiro atoms. The highest BCUT2D eigenvalue weighted by Crippen LogP contribution is 2.42. The number of likely N-dealkylation sites (tertiary alicyclic amines) is 1. The van der Waals surface area contributed by atoms with Crippen molar-refractivity contribution in [2.75, 3.05) is 60.7 Å². The van der Waals surface area contributed by atoms with Gasteiger partial charge in [0, 0.05) is 61.4 Å². The van der Waals surface area contributed by atoms with E-state index >= 15 is 8.78 Å². The van der Waals surface area contributed by atoms with Crippen LogP contribution < -0.4 is 10.7 Å². The van der Waals surface area contributed by atoms with Gasteiger partial charge < -0.3 is 33.8 Å². The Morgan fingerprint density at radius 2 is 1.79 bits per heavy atom. The van der Waals surface area contributed by atoms with E-state index < -0.39 is 65.5 Å². The zero-order valence-corrected chi connectivity index (χ0v) is 45.6. The van der Waals surface area contributed by atoms with E-state index in [4.69, 9.17) is 14.2 Å². The number of allylic oxidation sites excluding steroid dienone is 2. The molecule has 1 aromatic heterocycles. The fourth-order valence-electron chi connectivity index (χ4n) is 9.71. The Hall–Kier alpha value is -5.78. The number of benzene rings is 2. The Morgan fingerprint density at radius 1 is 1.08 bits per heavy atom. The number of amides is 3. The smallest absolute Gasteiger partial charge is 0.378 e. The van der Waals surface area contributed by atoms with Gasteiger partial charge >= 0.3 is 6.18 Å². The van der Waals surface area contributed by atoms with Crippen LogP contribution in [0.25, 0.3) is 27.6 Å². The maximum absolute atomic E-state index is 15.1. The number of nitrogens with zero attached hydrogens (tertiary/aromatic N) is 5. The standard InChI is InChI=1S/C57H74F5N7O7/c1-13-42(49(63-14-2)36(5)74-12)50-44-27-54(6,7)33-75-34-56(32-70)19-15-21-69(65-56)53(73)46(64-52(72)45(35(3)4)30-76-41-28-67(29-41)48(71)18-20-55(8,9)66(10)11)24-37-22-39(25-40(23-37)51(58)59)38-16-17-47(43(44)26-38)68(50)31-57(60,61)62/h13-14,16-17,22-23,25-26,32,35-36,41,45-46,51,65H,1,15,19,21,24,27-31,33-34H2,2-12H3,(H,64,72)/b49-42+,63-14-/t36-,45-,46-,56-/m0/s1. The number of aldehydes is 1. The number of aromatic nitrogens is 1. The topological polar surface area (TPSA) is 147 Å². The molecule has 2 saturated heterocycles. The molecule has 6 rings (SSSR count). The van der Waals surface area contributed by atoms with Gasteiger partial charge in [-0.2, -0.15) is 13.2 Å². The molecule has 2 aromatic carbocycles. The van der Waals surface area contributed by atoms with Crippen LogP contribution in [0.2, 0.25) is 0 Å². The third-order valence-corrected chi connectivity index (χ3v) is 14.6. The summed E-state index contributed by atoms with van der Waals surface area (Å²) < 4.78 is 94.0. The molecule has 19 heteroatoms. The first kappa shape index (κ1) is 59.5. The highest BCUT2D eigenvalue weighted by atomic mass is 19.4. The van der Waals surface area contributed by atoms with Gasteiger partial charge in [0.25, 0.3) is 18.2 Å². The van der Waals surface area contributed by atoms with Gasteiger partial charge in [-0.15, -0.1) is 0 Å². The minimum Gasteiger partial charge on any atom is -0.378 e. The number of aliphatic imine (C=N–C) groups is 1. The lowest BCUT2D eigenvalue weighted by Crippen LogP contribution is -2.66. The molecule has 76 heavy (non-hydrogen) atoms. The van der Waals surface area contributed by atoms with Crippen molar-refractivity contribution in [3.63, 3.8) is 0 Å². The molecule has 3 aliphatic rings. The van der Waals surface area contributed by atoms with E-state index in [0.29, 0.717) is 46.1 Å². The highest BCUT2D eigenvalue weighted by Gasteiger charge is 2.42. The Balaban J connectivity index is 1.46. The second-order valence-electron chi connectivity index (χ2n) is 22.1. The Bertz CT molecular complexity index is 2770. The lowest BCUT2D eigenvalue weighted by molar-refractivity contribution is -0.149. The molecule has 3 aliphatic heterocycles. The predicted molar refractivity (Wildman–Crippen MR) is 283 cm³/mol. The summed E-state index contributed by atoms with van der Waals surface area (Å²) >= 11 is 0. The van der Waals surface area contributed by atoms with E-state index in [2.05, 4.69) is 34.2 Å². The number of carbonyl (C=O) groups excluding carboxylic acids is 4. The molecule has 0 saturated carbocycles. The molecule has 2 fully saturated rings. The molecule has 414 valence electrons. The average molecular weight is 1060 g/mol. The number of carbonyl (C=O) groups is 4. The highest BCUT2D eigenvalue weighted by molar-refractivity contribution is 5.96. The Kier molecular flexibility index (Phi) is 19.0. The number of hydrazine groups is 1. The fourth-order valence-corrected chi connectivity index (χ4v) is 9.71. The Morgan fingerprint density at radius 3 is 2.39 bits per heavy atom. The molecular formula is C57H74F5N7O7. The zero-order chi connectivity index (χ0) is 56.1. The van der Waals surface area contributed by atoms with Crippen molar-refractivity contribution in [3.8, 4) is 23.0 Å². The lowest BCUT2D eigenvalue weighted by Gasteiger charge is -2.42. The van der Waals surface area contributed by atoms with Crippen LogP contribution in [0.3, 0.4) is 0 Å². The first-order valence-corrected chi connectivity index (χ1v) is 25.7. The van der Waals surface area contributed by atoms with Crippen LogP contribution >= 0.6 is 0 Å². The monoisotopic (exact) mass is 1060 g/mol. The number of ether oxygens (including phenoxy) is 3. The van der Waals surface area contributed by atoms with E-state index in [1.54, 1.807) is 36.9 Å². The summed E-state index contributed by atoms with van der Waals surface area (Å²) in [6, 6.07) is 7.66. The number of methoxy groups -OCH3 is 1. The van der Waals surface area contributed by atoms with Crippen molar-refractivity contribution in [1.29, 1.82) is 0 Å². The predicted octanol–water partition coefficient (Wildman–Crippen LogP) is 8.37. The first-order valence-electron chi connectivity index (χ1n) is 25.7. The van der Waals surface area contributed by atoms with Gasteiger partial charge in [0.2, 0.25) is 5.91 Å². The summed E-state index contributed by atoms with van der Waals surface area (Å²) in [6.07, 6.45) is -4.54. The van der Waals surface area contributed by atoms with Gasteiger partial charge in [-0.05, 0) is 119 Å². The second-order valence-corrected chi connectivity index (χ2v) is 22.1. The zero-order valence-electron chi connectivity index (χ0n) is 45.6. The van der Waals surface area contributed by atoms with Gasteiger partial charge in [-0.25, -0.2) is 14.2 Å². The van der Waals surface area contributed by atoms with E-state index in [0.717, 1.165) is 0 Å². The number of alkyl halides is 5. The summed E-state index contributed by atoms with van der Waals surface area (Å²) in [5.74, 6) is 3.13. The molecule has 3 amide bonds. The SMILES string of the molecule is C=C/C(=C(\N=C/C)[C@H](C)OC)c1c2c3cc(ccc3n1CC(F)(F)F)-c1cc(cc(C(F)F)c1)C[C@H](NC(=O)[C@@H](COC1CN(C(=O)C#CC(C)(C)N(C)C)C1)C(C)C)C(=O)N1CCC[C@](C=O)(COCC(C)(C)C2)N1. The van der Waals surface area contributed by atoms with Crippen molar-refractivity contribution < 1.29 is 55.3 Å². The Labute approximate surface area is 443 Å². The fraction of sp³-hybridized carbons (Fsp3) is 0.561. The van der Waals surface area contributed by atoms with Crippen LogP contribution in [-0.4, -0.2) is 146 Å². The van der Waals surface area contributed by atoms with Crippen LogP contribution in [-0.2, 0) is 52.8 Å². The number of halogens is 5. The van der Waals surface area contributed by atoms with E-state index in [-0.39, 0.29) is 99.0 Å². The lowest BCUT2D eigenvalue weighted by atomic mass is 9.83. The maximum atomic E-state index is 15.1. The van der Waals surface area contributed by atoms with Crippen molar-refractivity contribution in [3.05, 3.63) is 77.1 Å². The molecule has 0 unspecified atom stereocenters. The van der Waals surface area contributed by atoms with Crippen LogP contribution in [0.15, 0.2) is 59.7 Å². The molecule has 2 N–H and O–H groups in total. The van der Waals surface area contributed by atoms with Crippen LogP contribution in [0, 0.1) is 29.1 Å². The van der Waals surface area contributed by atoms with Crippen molar-refractivity contribution >= 4 is 46.7 Å². The molecule has 6 bridgehead atoms. The molecule has 4 atom stereocenters. The van der Waals surface area contributed by atoms with Crippen LogP contribution in [0.4, 0.5) is 22.0 Å². The van der Waals surface area contributed by atoms with Crippen molar-refractivity contribution in [1.82, 2.24) is 30.1 Å². The first-order chi connectivity index (χ1) is 35.6. The third-order valence-electron chi connectivity index (χ3n) is 14.6. The van der Waals surface area contributed by atoms with Crippen LogP contribution in [0.5, 0.6) is 0 Å². The number of fused-ring (bicyclic) bond motifs is 6. The largest absolute Gasteiger partial charge is 0.406 e. The summed E-state index contributed by atoms with van der Waals surface area (Å²) in [7, 11) is 5.21. The summed E-state index contributed by atoms with van der Waals surface area (Å²) in [4.78, 5) is 63.4. The van der Waals surface area contributed by atoms with Gasteiger partial charge in [-0.3, -0.25) is 29.3 Å². The molecule has 0 aliphatic carbocycles. The van der Waals surface area contributed by atoms with Gasteiger partial charge in [0.05, 0.1) is 54.9 Å². The van der Waals surface area contributed by atoms with Crippen molar-refractivity contribution in [2.45, 2.75) is 130 Å². The molecule has 3 aromatic rings. The normalized spacial score (nSPS) is 21.0. The van der Waals surface area contributed by atoms with Gasteiger partial charge in [-0.1, -0.05) is 64.5 Å². The van der Waals surface area contributed by atoms with E-state index in [1.807, 2.05) is 60.5 Å². The number of nitrogens with one attached hydrogen (secondary N) is 2. The summed E-state index contributed by atoms with van der Waals surface area (Å²) in [6.45, 7) is 17.8. The van der Waals surface area contributed by atoms with Crippen LogP contribution in [0.1, 0.15) is 97.0 Å². The number of hydrogen-bond donors (Lipinski definition) is 2. The molecule has 14 nitrogen and oxygen atoms in total.